The number of benzene rings is 1. The number of ether oxygens (including phenoxy) is 1. The number of carbonyl (C=O) groups excluding carboxylic acids is 1. The summed E-state index contributed by atoms with van der Waals surface area (Å²) in [4.78, 5) is 22.7. The molecule has 1 fully saturated rings. The van der Waals surface area contributed by atoms with Gasteiger partial charge in [-0.3, -0.25) is 14.9 Å². The zero-order chi connectivity index (χ0) is 17.5. The molecule has 132 valence electrons. The lowest BCUT2D eigenvalue weighted by Crippen LogP contribution is -2.40. The summed E-state index contributed by atoms with van der Waals surface area (Å²) >= 11 is 0. The molecule has 0 aromatic heterocycles. The van der Waals surface area contributed by atoms with Crippen LogP contribution in [-0.4, -0.2) is 23.0 Å². The molecule has 0 spiro atoms. The fourth-order valence-corrected chi connectivity index (χ4v) is 2.96. The first-order chi connectivity index (χ1) is 11.5. The summed E-state index contributed by atoms with van der Waals surface area (Å²) in [7, 11) is 0. The van der Waals surface area contributed by atoms with E-state index in [4.69, 9.17) is 4.74 Å². The molecule has 6 heteroatoms. The van der Waals surface area contributed by atoms with Crippen LogP contribution in [0.2, 0.25) is 0 Å². The Labute approximate surface area is 142 Å². The predicted octanol–water partition coefficient (Wildman–Crippen LogP) is 3.58. The van der Waals surface area contributed by atoms with E-state index in [2.05, 4.69) is 19.2 Å². The second kappa shape index (κ2) is 8.78. The Balaban J connectivity index is 1.92. The minimum Gasteiger partial charge on any atom is -0.461 e. The van der Waals surface area contributed by atoms with Gasteiger partial charge in [0.1, 0.15) is 12.1 Å². The van der Waals surface area contributed by atoms with Gasteiger partial charge in [0.15, 0.2) is 0 Å². The Bertz CT molecular complexity index is 551. The molecule has 1 saturated carbocycles. The summed E-state index contributed by atoms with van der Waals surface area (Å²) in [5.41, 5.74) is 0.973. The van der Waals surface area contributed by atoms with Crippen molar-refractivity contribution in [3.8, 4) is 0 Å². The molecule has 0 radical (unpaired) electrons. The van der Waals surface area contributed by atoms with Crippen molar-refractivity contribution in [3.63, 3.8) is 0 Å². The topological polar surface area (TPSA) is 81.5 Å². The molecular weight excluding hydrogens is 308 g/mol. The highest BCUT2D eigenvalue weighted by molar-refractivity contribution is 5.76. The van der Waals surface area contributed by atoms with Gasteiger partial charge < -0.3 is 10.1 Å². The third-order valence-corrected chi connectivity index (χ3v) is 4.28. The van der Waals surface area contributed by atoms with Gasteiger partial charge in [0.05, 0.1) is 4.92 Å². The van der Waals surface area contributed by atoms with Crippen LogP contribution in [0.4, 0.5) is 5.69 Å². The smallest absolute Gasteiger partial charge is 0.323 e. The van der Waals surface area contributed by atoms with Crippen LogP contribution in [0, 0.1) is 16.0 Å². The lowest BCUT2D eigenvalue weighted by atomic mass is 10.0. The second-order valence-electron chi connectivity index (χ2n) is 6.83. The van der Waals surface area contributed by atoms with E-state index in [0.717, 1.165) is 31.2 Å². The van der Waals surface area contributed by atoms with Gasteiger partial charge in [0, 0.05) is 18.7 Å². The minimum atomic E-state index is -0.419. The summed E-state index contributed by atoms with van der Waals surface area (Å²) in [6.45, 7) is 4.63. The summed E-state index contributed by atoms with van der Waals surface area (Å²) in [6.07, 6.45) is 4.95. The van der Waals surface area contributed by atoms with Crippen molar-refractivity contribution in [3.05, 3.63) is 39.9 Å². The summed E-state index contributed by atoms with van der Waals surface area (Å²) in [6, 6.07) is 6.02. The molecule has 1 atom stereocenters. The number of nitrogens with zero attached hydrogens (tertiary/aromatic N) is 1. The van der Waals surface area contributed by atoms with E-state index < -0.39 is 4.92 Å². The SMILES string of the molecule is CC(C)C[C@H](NCc1ccc([N+](=O)[O-])cc1)C(=O)OC1CCCC1. The van der Waals surface area contributed by atoms with Crippen molar-refractivity contribution in [2.24, 2.45) is 5.92 Å². The van der Waals surface area contributed by atoms with Crippen LogP contribution in [0.25, 0.3) is 0 Å². The Morgan fingerprint density at radius 2 is 1.92 bits per heavy atom. The first-order valence-corrected chi connectivity index (χ1v) is 8.63. The van der Waals surface area contributed by atoms with Gasteiger partial charge in [-0.15, -0.1) is 0 Å². The van der Waals surface area contributed by atoms with Crippen LogP contribution < -0.4 is 5.32 Å². The molecule has 1 N–H and O–H groups in total. The maximum atomic E-state index is 12.4. The normalized spacial score (nSPS) is 16.3. The van der Waals surface area contributed by atoms with Crippen LogP contribution in [0.5, 0.6) is 0 Å². The Morgan fingerprint density at radius 1 is 1.29 bits per heavy atom. The second-order valence-corrected chi connectivity index (χ2v) is 6.83. The molecular formula is C18H26N2O4. The van der Waals surface area contributed by atoms with Crippen LogP contribution in [0.3, 0.4) is 0 Å². The predicted molar refractivity (Wildman–Crippen MR) is 91.5 cm³/mol. The number of esters is 1. The molecule has 0 amide bonds. The van der Waals surface area contributed by atoms with Crippen LogP contribution in [0.1, 0.15) is 51.5 Å². The van der Waals surface area contributed by atoms with Gasteiger partial charge in [-0.2, -0.15) is 0 Å². The van der Waals surface area contributed by atoms with Crippen molar-refractivity contribution < 1.29 is 14.5 Å². The number of carbonyl (C=O) groups is 1. The molecule has 2 rings (SSSR count). The third-order valence-electron chi connectivity index (χ3n) is 4.28. The molecule has 24 heavy (non-hydrogen) atoms. The number of nitro groups is 1. The molecule has 1 aromatic rings. The highest BCUT2D eigenvalue weighted by atomic mass is 16.6. The van der Waals surface area contributed by atoms with Gasteiger partial charge in [-0.05, 0) is 43.6 Å². The van der Waals surface area contributed by atoms with Crippen LogP contribution in [0.15, 0.2) is 24.3 Å². The average Bonchev–Trinajstić information content (AvgIpc) is 3.04. The van der Waals surface area contributed by atoms with Gasteiger partial charge in [0.2, 0.25) is 0 Å². The quantitative estimate of drug-likeness (QED) is 0.446. The zero-order valence-electron chi connectivity index (χ0n) is 14.4. The highest BCUT2D eigenvalue weighted by Gasteiger charge is 2.25. The van der Waals surface area contributed by atoms with Crippen molar-refractivity contribution in [2.75, 3.05) is 0 Å². The molecule has 0 bridgehead atoms. The standard InChI is InChI=1S/C18H26N2O4/c1-13(2)11-17(18(21)24-16-5-3-4-6-16)19-12-14-7-9-15(10-8-14)20(22)23/h7-10,13,16-17,19H,3-6,11-12H2,1-2H3/t17-/m0/s1. The molecule has 0 aliphatic heterocycles. The highest BCUT2D eigenvalue weighted by Crippen LogP contribution is 2.22. The average molecular weight is 334 g/mol. The number of non-ortho nitro benzene ring substituents is 1. The maximum Gasteiger partial charge on any atom is 0.323 e. The summed E-state index contributed by atoms with van der Waals surface area (Å²) in [5, 5.41) is 13.9. The number of hydrogen-bond donors (Lipinski definition) is 1. The third kappa shape index (κ3) is 5.60. The molecule has 1 aliphatic carbocycles. The van der Waals surface area contributed by atoms with E-state index in [-0.39, 0.29) is 23.8 Å². The first-order valence-electron chi connectivity index (χ1n) is 8.63. The maximum absolute atomic E-state index is 12.4. The van der Waals surface area contributed by atoms with Crippen LogP contribution in [-0.2, 0) is 16.1 Å². The number of nitro benzene ring substituents is 1. The summed E-state index contributed by atoms with van der Waals surface area (Å²) in [5.74, 6) is 0.188. The van der Waals surface area contributed by atoms with E-state index in [1.165, 1.54) is 12.1 Å². The monoisotopic (exact) mass is 334 g/mol. The first kappa shape index (κ1) is 18.4. The van der Waals surface area contributed by atoms with E-state index in [9.17, 15) is 14.9 Å². The lowest BCUT2D eigenvalue weighted by Gasteiger charge is -2.21. The molecule has 1 aromatic carbocycles. The van der Waals surface area contributed by atoms with Gasteiger partial charge in [0.25, 0.3) is 5.69 Å². The lowest BCUT2D eigenvalue weighted by molar-refractivity contribution is -0.384. The van der Waals surface area contributed by atoms with E-state index in [0.29, 0.717) is 18.9 Å². The van der Waals surface area contributed by atoms with Crippen LogP contribution >= 0.6 is 0 Å². The largest absolute Gasteiger partial charge is 0.461 e. The molecule has 0 heterocycles. The van der Waals surface area contributed by atoms with Gasteiger partial charge in [-0.25, -0.2) is 0 Å². The summed E-state index contributed by atoms with van der Waals surface area (Å²) < 4.78 is 5.62. The number of hydrogen-bond acceptors (Lipinski definition) is 5. The zero-order valence-corrected chi connectivity index (χ0v) is 14.4. The molecule has 6 nitrogen and oxygen atoms in total. The van der Waals surface area contributed by atoms with E-state index in [1.54, 1.807) is 12.1 Å². The van der Waals surface area contributed by atoms with Crippen molar-refractivity contribution >= 4 is 11.7 Å². The van der Waals surface area contributed by atoms with Crippen molar-refractivity contribution in [1.29, 1.82) is 0 Å². The van der Waals surface area contributed by atoms with Gasteiger partial charge in [-0.1, -0.05) is 26.0 Å². The Kier molecular flexibility index (Phi) is 6.73. The van der Waals surface area contributed by atoms with Gasteiger partial charge >= 0.3 is 5.97 Å². The molecule has 0 unspecified atom stereocenters. The minimum absolute atomic E-state index is 0.0633. The van der Waals surface area contributed by atoms with E-state index in [1.807, 2.05) is 0 Å². The van der Waals surface area contributed by atoms with Crippen molar-refractivity contribution in [1.82, 2.24) is 5.32 Å². The van der Waals surface area contributed by atoms with E-state index >= 15 is 0 Å². The van der Waals surface area contributed by atoms with Crippen molar-refractivity contribution in [2.45, 2.75) is 64.6 Å². The number of nitrogens with one attached hydrogen (secondary N) is 1. The molecule has 0 saturated heterocycles. The Hall–Kier alpha value is -1.95. The fourth-order valence-electron chi connectivity index (χ4n) is 2.96. The molecule has 1 aliphatic rings. The Morgan fingerprint density at radius 3 is 2.46 bits per heavy atom. The number of rotatable bonds is 8. The fraction of sp³-hybridized carbons (Fsp3) is 0.611.